The molecule has 0 saturated heterocycles. The van der Waals surface area contributed by atoms with E-state index >= 15 is 0 Å². The molecular formula is C21H24FN3O3. The molecule has 0 amide bonds. The molecule has 0 unspecified atom stereocenters. The Hall–Kier alpha value is -2.93. The molecule has 0 fully saturated rings. The predicted octanol–water partition coefficient (Wildman–Crippen LogP) is 3.57. The fourth-order valence-electron chi connectivity index (χ4n) is 3.21. The number of ether oxygens (including phenoxy) is 2. The van der Waals surface area contributed by atoms with E-state index in [2.05, 4.69) is 29.1 Å². The molecule has 0 spiro atoms. The Morgan fingerprint density at radius 3 is 2.36 bits per heavy atom. The lowest BCUT2D eigenvalue weighted by molar-refractivity contribution is 0.355. The van der Waals surface area contributed by atoms with Gasteiger partial charge < -0.3 is 19.8 Å². The molecule has 1 heterocycles. The normalized spacial score (nSPS) is 12.4. The highest BCUT2D eigenvalue weighted by molar-refractivity contribution is 5.81. The van der Waals surface area contributed by atoms with Crippen molar-refractivity contribution in [2.45, 2.75) is 26.4 Å². The minimum Gasteiger partial charge on any atom is -0.493 e. The second-order valence-electron chi connectivity index (χ2n) is 6.89. The molecule has 28 heavy (non-hydrogen) atoms. The number of methoxy groups -OCH3 is 2. The second kappa shape index (κ2) is 8.39. The molecule has 3 rings (SSSR count). The maximum absolute atomic E-state index is 13.2. The summed E-state index contributed by atoms with van der Waals surface area (Å²) in [6, 6.07) is 9.72. The number of benzene rings is 2. The van der Waals surface area contributed by atoms with Gasteiger partial charge in [0.1, 0.15) is 11.6 Å². The van der Waals surface area contributed by atoms with Gasteiger partial charge in [-0.2, -0.15) is 0 Å². The number of halogens is 1. The summed E-state index contributed by atoms with van der Waals surface area (Å²) in [4.78, 5) is 19.8. The van der Waals surface area contributed by atoms with Gasteiger partial charge in [-0.15, -0.1) is 0 Å². The summed E-state index contributed by atoms with van der Waals surface area (Å²) in [6.45, 7) is 4.52. The van der Waals surface area contributed by atoms with E-state index in [0.717, 1.165) is 5.56 Å². The van der Waals surface area contributed by atoms with Crippen LogP contribution in [0.3, 0.4) is 0 Å². The van der Waals surface area contributed by atoms with Crippen LogP contribution in [0.2, 0.25) is 0 Å². The maximum Gasteiger partial charge on any atom is 0.258 e. The Kier molecular flexibility index (Phi) is 5.94. The van der Waals surface area contributed by atoms with Gasteiger partial charge in [0.15, 0.2) is 11.5 Å². The van der Waals surface area contributed by atoms with Crippen LogP contribution in [0.15, 0.2) is 41.2 Å². The van der Waals surface area contributed by atoms with Crippen molar-refractivity contribution in [1.29, 1.82) is 0 Å². The van der Waals surface area contributed by atoms with Gasteiger partial charge in [0, 0.05) is 12.1 Å². The van der Waals surface area contributed by atoms with Crippen molar-refractivity contribution >= 4 is 10.9 Å². The van der Waals surface area contributed by atoms with E-state index in [0.29, 0.717) is 34.8 Å². The van der Waals surface area contributed by atoms with Gasteiger partial charge in [0.05, 0.1) is 31.7 Å². The molecule has 7 heteroatoms. The molecule has 1 atom stereocenters. The van der Waals surface area contributed by atoms with Crippen molar-refractivity contribution < 1.29 is 13.9 Å². The third-order valence-electron chi connectivity index (χ3n) is 4.64. The van der Waals surface area contributed by atoms with Crippen LogP contribution >= 0.6 is 0 Å². The van der Waals surface area contributed by atoms with Gasteiger partial charge in [0.2, 0.25) is 0 Å². The smallest absolute Gasteiger partial charge is 0.258 e. The standard InChI is InChI=1S/C21H24FN3O3/c1-12(2)20(13-5-7-14(22)8-6-13)23-11-19-24-16-10-18(28-4)17(27-3)9-15(16)21(26)25-19/h5-10,12,20,23H,11H2,1-4H3,(H,24,25,26)/t20-/m1/s1. The van der Waals surface area contributed by atoms with Crippen LogP contribution in [-0.4, -0.2) is 24.2 Å². The molecule has 2 aromatic carbocycles. The zero-order chi connectivity index (χ0) is 20.3. The second-order valence-corrected chi connectivity index (χ2v) is 6.89. The van der Waals surface area contributed by atoms with Gasteiger partial charge in [-0.1, -0.05) is 26.0 Å². The van der Waals surface area contributed by atoms with Crippen molar-refractivity contribution in [3.05, 3.63) is 64.0 Å². The lowest BCUT2D eigenvalue weighted by Gasteiger charge is -2.23. The summed E-state index contributed by atoms with van der Waals surface area (Å²) in [7, 11) is 3.06. The number of aromatic nitrogens is 2. The number of H-pyrrole nitrogens is 1. The Balaban J connectivity index is 1.88. The first kappa shape index (κ1) is 19.8. The molecule has 0 radical (unpaired) electrons. The van der Waals surface area contributed by atoms with E-state index in [1.54, 1.807) is 24.3 Å². The molecule has 2 N–H and O–H groups in total. The lowest BCUT2D eigenvalue weighted by atomic mass is 9.96. The Morgan fingerprint density at radius 1 is 1.11 bits per heavy atom. The summed E-state index contributed by atoms with van der Waals surface area (Å²) in [5.41, 5.74) is 1.26. The first-order valence-electron chi connectivity index (χ1n) is 9.06. The highest BCUT2D eigenvalue weighted by atomic mass is 19.1. The summed E-state index contributed by atoms with van der Waals surface area (Å²) in [5, 5.41) is 3.83. The Labute approximate surface area is 162 Å². The SMILES string of the molecule is COc1cc2nc(CN[C@@H](c3ccc(F)cc3)C(C)C)[nH]c(=O)c2cc1OC. The van der Waals surface area contributed by atoms with E-state index in [-0.39, 0.29) is 23.3 Å². The zero-order valence-electron chi connectivity index (χ0n) is 16.4. The zero-order valence-corrected chi connectivity index (χ0v) is 16.4. The molecular weight excluding hydrogens is 361 g/mol. The molecule has 0 aliphatic heterocycles. The van der Waals surface area contributed by atoms with E-state index < -0.39 is 0 Å². The topological polar surface area (TPSA) is 76.2 Å². The van der Waals surface area contributed by atoms with Crippen molar-refractivity contribution in [3.63, 3.8) is 0 Å². The van der Waals surface area contributed by atoms with E-state index in [1.165, 1.54) is 26.4 Å². The molecule has 0 bridgehead atoms. The largest absolute Gasteiger partial charge is 0.493 e. The van der Waals surface area contributed by atoms with Crippen LogP contribution in [0, 0.1) is 11.7 Å². The predicted molar refractivity (Wildman–Crippen MR) is 106 cm³/mol. The number of nitrogens with one attached hydrogen (secondary N) is 2. The minimum absolute atomic E-state index is 0.00741. The molecule has 1 aromatic heterocycles. The van der Waals surface area contributed by atoms with Crippen LogP contribution < -0.4 is 20.3 Å². The number of nitrogens with zero attached hydrogens (tertiary/aromatic N) is 1. The molecule has 3 aromatic rings. The molecule has 0 aliphatic carbocycles. The fourth-order valence-corrected chi connectivity index (χ4v) is 3.21. The van der Waals surface area contributed by atoms with Crippen LogP contribution in [0.5, 0.6) is 11.5 Å². The molecule has 148 valence electrons. The van der Waals surface area contributed by atoms with Crippen molar-refractivity contribution in [1.82, 2.24) is 15.3 Å². The number of hydrogen-bond acceptors (Lipinski definition) is 5. The maximum atomic E-state index is 13.2. The van der Waals surface area contributed by atoms with Gasteiger partial charge in [-0.25, -0.2) is 9.37 Å². The summed E-state index contributed by atoms with van der Waals surface area (Å²) in [5.74, 6) is 1.50. The first-order chi connectivity index (χ1) is 13.4. The number of fused-ring (bicyclic) bond motifs is 1. The first-order valence-corrected chi connectivity index (χ1v) is 9.06. The molecule has 0 saturated carbocycles. The average Bonchev–Trinajstić information content (AvgIpc) is 2.68. The third kappa shape index (κ3) is 4.14. The minimum atomic E-state index is -0.267. The van der Waals surface area contributed by atoms with E-state index in [9.17, 15) is 9.18 Å². The van der Waals surface area contributed by atoms with Crippen molar-refractivity contribution in [2.75, 3.05) is 14.2 Å². The highest BCUT2D eigenvalue weighted by Gasteiger charge is 2.17. The number of hydrogen-bond donors (Lipinski definition) is 2. The van der Waals surface area contributed by atoms with Crippen molar-refractivity contribution in [3.8, 4) is 11.5 Å². The van der Waals surface area contributed by atoms with Gasteiger partial charge in [-0.3, -0.25) is 4.79 Å². The van der Waals surface area contributed by atoms with E-state index in [4.69, 9.17) is 9.47 Å². The van der Waals surface area contributed by atoms with Gasteiger partial charge in [-0.05, 0) is 29.7 Å². The fraction of sp³-hybridized carbons (Fsp3) is 0.333. The average molecular weight is 385 g/mol. The van der Waals surface area contributed by atoms with Crippen LogP contribution in [0.1, 0.15) is 31.3 Å². The highest BCUT2D eigenvalue weighted by Crippen LogP contribution is 2.30. The molecule has 6 nitrogen and oxygen atoms in total. The third-order valence-corrected chi connectivity index (χ3v) is 4.64. The summed E-state index contributed by atoms with van der Waals surface area (Å²) in [6.07, 6.45) is 0. The number of rotatable bonds is 7. The summed E-state index contributed by atoms with van der Waals surface area (Å²) >= 11 is 0. The van der Waals surface area contributed by atoms with Crippen LogP contribution in [0.4, 0.5) is 4.39 Å². The van der Waals surface area contributed by atoms with Gasteiger partial charge >= 0.3 is 0 Å². The van der Waals surface area contributed by atoms with Crippen LogP contribution in [0.25, 0.3) is 10.9 Å². The monoisotopic (exact) mass is 385 g/mol. The molecule has 0 aliphatic rings. The van der Waals surface area contributed by atoms with Crippen molar-refractivity contribution in [2.24, 2.45) is 5.92 Å². The van der Waals surface area contributed by atoms with E-state index in [1.807, 2.05) is 0 Å². The van der Waals surface area contributed by atoms with Crippen LogP contribution in [-0.2, 0) is 6.54 Å². The Morgan fingerprint density at radius 2 is 1.75 bits per heavy atom. The number of aromatic amines is 1. The van der Waals surface area contributed by atoms with Gasteiger partial charge in [0.25, 0.3) is 5.56 Å². The quantitative estimate of drug-likeness (QED) is 0.650. The Bertz CT molecular complexity index is 1020. The summed E-state index contributed by atoms with van der Waals surface area (Å²) < 4.78 is 23.8. The lowest BCUT2D eigenvalue weighted by Crippen LogP contribution is -2.27.